The predicted octanol–water partition coefficient (Wildman–Crippen LogP) is 1.97. The van der Waals surface area contributed by atoms with E-state index in [0.29, 0.717) is 23.5 Å². The van der Waals surface area contributed by atoms with Crippen molar-refractivity contribution in [2.24, 2.45) is 5.92 Å². The number of hydrogen-bond donors (Lipinski definition) is 3. The van der Waals surface area contributed by atoms with Gasteiger partial charge in [0.25, 0.3) is 0 Å². The summed E-state index contributed by atoms with van der Waals surface area (Å²) in [6, 6.07) is 5.16. The molecule has 1 aromatic carbocycles. The Morgan fingerprint density at radius 2 is 2.30 bits per heavy atom. The van der Waals surface area contributed by atoms with Crippen LogP contribution in [0.1, 0.15) is 13.3 Å². The summed E-state index contributed by atoms with van der Waals surface area (Å²) in [5.74, 6) is 2.45. The summed E-state index contributed by atoms with van der Waals surface area (Å²) in [6.45, 7) is 2.16. The minimum atomic E-state index is -0.0639. The molecule has 1 unspecified atom stereocenters. The Bertz CT molecular complexity index is 440. The van der Waals surface area contributed by atoms with Crippen LogP contribution in [-0.4, -0.2) is 36.2 Å². The summed E-state index contributed by atoms with van der Waals surface area (Å²) >= 11 is 1.66. The third kappa shape index (κ3) is 5.71. The van der Waals surface area contributed by atoms with Crippen LogP contribution in [-0.2, 0) is 4.79 Å². The minimum absolute atomic E-state index is 0.0639. The van der Waals surface area contributed by atoms with Crippen LogP contribution in [0, 0.1) is 5.92 Å². The van der Waals surface area contributed by atoms with Crippen LogP contribution < -0.4 is 15.8 Å². The average molecular weight is 298 g/mol. The monoisotopic (exact) mass is 298 g/mol. The molecule has 0 heterocycles. The summed E-state index contributed by atoms with van der Waals surface area (Å²) in [5.41, 5.74) is 6.92. The van der Waals surface area contributed by atoms with E-state index in [1.807, 2.05) is 6.92 Å². The zero-order valence-electron chi connectivity index (χ0n) is 11.9. The molecule has 112 valence electrons. The highest BCUT2D eigenvalue weighted by Gasteiger charge is 2.07. The molecule has 20 heavy (non-hydrogen) atoms. The van der Waals surface area contributed by atoms with Crippen molar-refractivity contribution in [3.05, 3.63) is 18.2 Å². The van der Waals surface area contributed by atoms with Crippen LogP contribution in [0.3, 0.4) is 0 Å². The number of amides is 1. The predicted molar refractivity (Wildman–Crippen MR) is 84.2 cm³/mol. The van der Waals surface area contributed by atoms with Gasteiger partial charge in [0.05, 0.1) is 18.5 Å². The molecule has 0 saturated carbocycles. The first-order chi connectivity index (χ1) is 9.56. The van der Waals surface area contributed by atoms with Crippen molar-refractivity contribution in [3.63, 3.8) is 0 Å². The van der Waals surface area contributed by atoms with E-state index in [9.17, 15) is 4.79 Å². The number of anilines is 2. The Hall–Kier alpha value is -1.40. The van der Waals surface area contributed by atoms with Crippen molar-refractivity contribution in [1.82, 2.24) is 0 Å². The van der Waals surface area contributed by atoms with Crippen LogP contribution in [0.5, 0.6) is 5.75 Å². The lowest BCUT2D eigenvalue weighted by atomic mass is 10.2. The number of nitrogens with two attached hydrogens (primary N) is 1. The van der Waals surface area contributed by atoms with E-state index in [-0.39, 0.29) is 18.4 Å². The van der Waals surface area contributed by atoms with Crippen LogP contribution in [0.15, 0.2) is 18.2 Å². The van der Waals surface area contributed by atoms with Gasteiger partial charge in [0, 0.05) is 24.8 Å². The highest BCUT2D eigenvalue weighted by molar-refractivity contribution is 7.99. The molecule has 5 nitrogen and oxygen atoms in total. The smallest absolute Gasteiger partial charge is 0.225 e. The number of benzene rings is 1. The summed E-state index contributed by atoms with van der Waals surface area (Å²) in [4.78, 5) is 11.8. The maximum absolute atomic E-state index is 11.8. The van der Waals surface area contributed by atoms with E-state index in [1.165, 1.54) is 0 Å². The quantitative estimate of drug-likeness (QED) is 0.505. The fraction of sp³-hybridized carbons (Fsp3) is 0.500. The van der Waals surface area contributed by atoms with E-state index in [4.69, 9.17) is 15.6 Å². The zero-order valence-corrected chi connectivity index (χ0v) is 12.7. The number of thioether (sulfide) groups is 1. The second kappa shape index (κ2) is 8.71. The topological polar surface area (TPSA) is 84.6 Å². The fourth-order valence-electron chi connectivity index (χ4n) is 1.50. The first kappa shape index (κ1) is 16.7. The Kier molecular flexibility index (Phi) is 7.25. The molecule has 0 radical (unpaired) electrons. The van der Waals surface area contributed by atoms with Gasteiger partial charge in [-0.2, -0.15) is 11.8 Å². The van der Waals surface area contributed by atoms with Gasteiger partial charge < -0.3 is 20.9 Å². The van der Waals surface area contributed by atoms with Crippen molar-refractivity contribution in [2.75, 3.05) is 36.3 Å². The second-order valence-electron chi connectivity index (χ2n) is 4.61. The molecular weight excluding hydrogens is 276 g/mol. The zero-order chi connectivity index (χ0) is 15.0. The third-order valence-electron chi connectivity index (χ3n) is 2.72. The van der Waals surface area contributed by atoms with E-state index in [2.05, 4.69) is 5.32 Å². The van der Waals surface area contributed by atoms with Gasteiger partial charge in [0.15, 0.2) is 0 Å². The molecular formula is C14H22N2O3S. The summed E-state index contributed by atoms with van der Waals surface area (Å²) < 4.78 is 5.05. The number of aliphatic hydroxyl groups excluding tert-OH is 1. The van der Waals surface area contributed by atoms with E-state index in [1.54, 1.807) is 37.1 Å². The number of carbonyl (C=O) groups is 1. The first-order valence-corrected chi connectivity index (χ1v) is 7.64. The SMILES string of the molecule is COc1ccc(NC(=O)CCSCC(C)CO)c(N)c1. The molecule has 1 rings (SSSR count). The normalized spacial score (nSPS) is 11.9. The molecule has 0 fully saturated rings. The molecule has 4 N–H and O–H groups in total. The summed E-state index contributed by atoms with van der Waals surface area (Å²) in [5, 5.41) is 11.7. The fourth-order valence-corrected chi connectivity index (χ4v) is 2.50. The van der Waals surface area contributed by atoms with Crippen LogP contribution >= 0.6 is 11.8 Å². The van der Waals surface area contributed by atoms with Crippen molar-refractivity contribution in [1.29, 1.82) is 0 Å². The average Bonchev–Trinajstić information content (AvgIpc) is 2.45. The number of aliphatic hydroxyl groups is 1. The van der Waals surface area contributed by atoms with Gasteiger partial charge in [-0.3, -0.25) is 4.79 Å². The van der Waals surface area contributed by atoms with Gasteiger partial charge in [0.1, 0.15) is 5.75 Å². The van der Waals surface area contributed by atoms with Crippen molar-refractivity contribution in [2.45, 2.75) is 13.3 Å². The van der Waals surface area contributed by atoms with Crippen LogP contribution in [0.4, 0.5) is 11.4 Å². The van der Waals surface area contributed by atoms with Gasteiger partial charge in [-0.05, 0) is 23.8 Å². The van der Waals surface area contributed by atoms with Crippen molar-refractivity contribution in [3.8, 4) is 5.75 Å². The summed E-state index contributed by atoms with van der Waals surface area (Å²) in [7, 11) is 1.57. The Morgan fingerprint density at radius 3 is 2.90 bits per heavy atom. The lowest BCUT2D eigenvalue weighted by molar-refractivity contribution is -0.115. The van der Waals surface area contributed by atoms with Crippen molar-refractivity contribution < 1.29 is 14.6 Å². The molecule has 0 aliphatic rings. The number of hydrogen-bond acceptors (Lipinski definition) is 5. The van der Waals surface area contributed by atoms with Gasteiger partial charge >= 0.3 is 0 Å². The molecule has 0 saturated heterocycles. The highest BCUT2D eigenvalue weighted by atomic mass is 32.2. The minimum Gasteiger partial charge on any atom is -0.497 e. The lowest BCUT2D eigenvalue weighted by Gasteiger charge is -2.10. The molecule has 0 spiro atoms. The Balaban J connectivity index is 2.35. The van der Waals surface area contributed by atoms with Gasteiger partial charge in [-0.25, -0.2) is 0 Å². The molecule has 0 aliphatic heterocycles. The van der Waals surface area contributed by atoms with Gasteiger partial charge in [-0.1, -0.05) is 6.92 Å². The number of nitrogen functional groups attached to an aromatic ring is 1. The number of carbonyl (C=O) groups excluding carboxylic acids is 1. The number of rotatable bonds is 8. The lowest BCUT2D eigenvalue weighted by Crippen LogP contribution is -2.14. The van der Waals surface area contributed by atoms with E-state index >= 15 is 0 Å². The maximum Gasteiger partial charge on any atom is 0.225 e. The number of nitrogens with one attached hydrogen (secondary N) is 1. The molecule has 1 aromatic rings. The van der Waals surface area contributed by atoms with Gasteiger partial charge in [0.2, 0.25) is 5.91 Å². The molecule has 0 aromatic heterocycles. The number of methoxy groups -OCH3 is 1. The number of ether oxygens (including phenoxy) is 1. The standard InChI is InChI=1S/C14H22N2O3S/c1-10(8-17)9-20-6-5-14(18)16-13-4-3-11(19-2)7-12(13)15/h3-4,7,10,17H,5-6,8-9,15H2,1-2H3,(H,16,18). The molecule has 0 aliphatic carbocycles. The maximum atomic E-state index is 11.8. The van der Waals surface area contributed by atoms with Crippen LogP contribution in [0.2, 0.25) is 0 Å². The van der Waals surface area contributed by atoms with Crippen LogP contribution in [0.25, 0.3) is 0 Å². The molecule has 0 bridgehead atoms. The molecule has 1 amide bonds. The third-order valence-corrected chi connectivity index (χ3v) is 4.02. The first-order valence-electron chi connectivity index (χ1n) is 6.48. The van der Waals surface area contributed by atoms with E-state index in [0.717, 1.165) is 11.5 Å². The van der Waals surface area contributed by atoms with E-state index < -0.39 is 0 Å². The molecule has 6 heteroatoms. The highest BCUT2D eigenvalue weighted by Crippen LogP contribution is 2.24. The van der Waals surface area contributed by atoms with Gasteiger partial charge in [-0.15, -0.1) is 0 Å². The largest absolute Gasteiger partial charge is 0.497 e. The summed E-state index contributed by atoms with van der Waals surface area (Å²) in [6.07, 6.45) is 0.425. The Morgan fingerprint density at radius 1 is 1.55 bits per heavy atom. The van der Waals surface area contributed by atoms with Crippen molar-refractivity contribution >= 4 is 29.0 Å². The second-order valence-corrected chi connectivity index (χ2v) is 5.76. The molecule has 1 atom stereocenters. The Labute approximate surface area is 123 Å².